The van der Waals surface area contributed by atoms with Gasteiger partial charge in [-0.15, -0.1) is 0 Å². The van der Waals surface area contributed by atoms with Crippen molar-refractivity contribution in [2.45, 2.75) is 50.2 Å². The first kappa shape index (κ1) is 18.1. The molecule has 0 aromatic heterocycles. The van der Waals surface area contributed by atoms with Gasteiger partial charge in [-0.25, -0.2) is 0 Å². The molecule has 0 bridgehead atoms. The molecule has 2 aliphatic rings. The zero-order valence-electron chi connectivity index (χ0n) is 15.9. The minimum absolute atomic E-state index is 0.193. The number of likely N-dealkylation sites (tertiary alicyclic amines) is 1. The molecule has 2 aromatic rings. The number of benzene rings is 2. The molecule has 3 atom stereocenters. The predicted octanol–water partition coefficient (Wildman–Crippen LogP) is 3.72. The summed E-state index contributed by atoms with van der Waals surface area (Å²) in [5, 5.41) is 3.36. The third kappa shape index (κ3) is 4.01. The standard InChI is InChI=1S/C23H28N2O2/c1-27-19-13-11-17(12-14-19)15-25-16-20(18-7-3-2-4-8-18)23-21(25)9-5-6-10-22(26)24-23/h2-4,7-8,11-14,20-21,23H,5-6,9-10,15-16H2,1H3,(H,24,26)/t20-,21+,23-/m0/s1. The van der Waals surface area contributed by atoms with E-state index >= 15 is 0 Å². The smallest absolute Gasteiger partial charge is 0.220 e. The van der Waals surface area contributed by atoms with Crippen molar-refractivity contribution in [1.29, 1.82) is 0 Å². The van der Waals surface area contributed by atoms with Crippen LogP contribution in [0.15, 0.2) is 54.6 Å². The van der Waals surface area contributed by atoms with E-state index < -0.39 is 0 Å². The second-order valence-electron chi connectivity index (χ2n) is 7.70. The van der Waals surface area contributed by atoms with Gasteiger partial charge in [0.05, 0.1) is 13.2 Å². The van der Waals surface area contributed by atoms with E-state index in [1.807, 2.05) is 12.1 Å². The molecule has 2 fully saturated rings. The topological polar surface area (TPSA) is 41.6 Å². The van der Waals surface area contributed by atoms with Crippen LogP contribution in [0, 0.1) is 0 Å². The summed E-state index contributed by atoms with van der Waals surface area (Å²) < 4.78 is 5.28. The minimum Gasteiger partial charge on any atom is -0.497 e. The maximum absolute atomic E-state index is 12.3. The van der Waals surface area contributed by atoms with Crippen molar-refractivity contribution >= 4 is 5.91 Å². The maximum atomic E-state index is 12.3. The lowest BCUT2D eigenvalue weighted by molar-refractivity contribution is -0.122. The number of rotatable bonds is 4. The Morgan fingerprint density at radius 3 is 2.59 bits per heavy atom. The molecule has 4 nitrogen and oxygen atoms in total. The zero-order valence-corrected chi connectivity index (χ0v) is 15.9. The van der Waals surface area contributed by atoms with Gasteiger partial charge in [0.1, 0.15) is 5.75 Å². The molecule has 0 spiro atoms. The van der Waals surface area contributed by atoms with Gasteiger partial charge in [0, 0.05) is 31.5 Å². The Bertz CT molecular complexity index is 760. The molecule has 1 amide bonds. The molecule has 0 saturated carbocycles. The van der Waals surface area contributed by atoms with Crippen LogP contribution in [0.2, 0.25) is 0 Å². The highest BCUT2D eigenvalue weighted by molar-refractivity contribution is 5.76. The molecule has 2 heterocycles. The van der Waals surface area contributed by atoms with Crippen LogP contribution in [-0.4, -0.2) is 36.5 Å². The first-order chi connectivity index (χ1) is 13.2. The molecule has 2 aliphatic heterocycles. The van der Waals surface area contributed by atoms with Crippen LogP contribution in [0.1, 0.15) is 42.7 Å². The molecule has 4 heteroatoms. The first-order valence-electron chi connectivity index (χ1n) is 9.96. The Morgan fingerprint density at radius 1 is 1.07 bits per heavy atom. The largest absolute Gasteiger partial charge is 0.497 e. The summed E-state index contributed by atoms with van der Waals surface area (Å²) in [7, 11) is 1.70. The Labute approximate surface area is 161 Å². The van der Waals surface area contributed by atoms with Gasteiger partial charge in [0.2, 0.25) is 5.91 Å². The summed E-state index contributed by atoms with van der Waals surface area (Å²) >= 11 is 0. The highest BCUT2D eigenvalue weighted by atomic mass is 16.5. The molecule has 142 valence electrons. The van der Waals surface area contributed by atoms with Gasteiger partial charge in [-0.2, -0.15) is 0 Å². The lowest BCUT2D eigenvalue weighted by Gasteiger charge is -2.31. The van der Waals surface area contributed by atoms with Crippen molar-refractivity contribution in [3.63, 3.8) is 0 Å². The van der Waals surface area contributed by atoms with Gasteiger partial charge in [0.15, 0.2) is 0 Å². The van der Waals surface area contributed by atoms with E-state index in [4.69, 9.17) is 4.74 Å². The number of carbonyl (C=O) groups is 1. The molecule has 27 heavy (non-hydrogen) atoms. The normalized spacial score (nSPS) is 26.0. The Hall–Kier alpha value is -2.33. The van der Waals surface area contributed by atoms with Crippen molar-refractivity contribution in [2.24, 2.45) is 0 Å². The quantitative estimate of drug-likeness (QED) is 0.899. The van der Waals surface area contributed by atoms with E-state index in [1.54, 1.807) is 7.11 Å². The highest BCUT2D eigenvalue weighted by Gasteiger charge is 2.43. The average molecular weight is 364 g/mol. The van der Waals surface area contributed by atoms with E-state index in [0.29, 0.717) is 18.4 Å². The summed E-state index contributed by atoms with van der Waals surface area (Å²) in [6.45, 7) is 1.88. The van der Waals surface area contributed by atoms with E-state index in [9.17, 15) is 4.79 Å². The number of carbonyl (C=O) groups excluding carboxylic acids is 1. The third-order valence-corrected chi connectivity index (χ3v) is 6.00. The van der Waals surface area contributed by atoms with E-state index in [2.05, 4.69) is 52.7 Å². The Morgan fingerprint density at radius 2 is 1.85 bits per heavy atom. The zero-order chi connectivity index (χ0) is 18.6. The summed E-state index contributed by atoms with van der Waals surface area (Å²) in [5.41, 5.74) is 2.61. The van der Waals surface area contributed by atoms with Crippen LogP contribution >= 0.6 is 0 Å². The summed E-state index contributed by atoms with van der Waals surface area (Å²) in [6.07, 6.45) is 3.91. The van der Waals surface area contributed by atoms with Crippen molar-refractivity contribution in [3.8, 4) is 5.75 Å². The van der Waals surface area contributed by atoms with Gasteiger partial charge >= 0.3 is 0 Å². The van der Waals surface area contributed by atoms with Crippen LogP contribution in [0.3, 0.4) is 0 Å². The van der Waals surface area contributed by atoms with Crippen molar-refractivity contribution < 1.29 is 9.53 Å². The molecule has 1 N–H and O–H groups in total. The summed E-state index contributed by atoms with van der Waals surface area (Å²) in [6, 6.07) is 19.6. The predicted molar refractivity (Wildman–Crippen MR) is 107 cm³/mol. The summed E-state index contributed by atoms with van der Waals surface area (Å²) in [5.74, 6) is 1.44. The number of amides is 1. The van der Waals surface area contributed by atoms with E-state index in [0.717, 1.165) is 38.1 Å². The second-order valence-corrected chi connectivity index (χ2v) is 7.70. The number of methoxy groups -OCH3 is 1. The third-order valence-electron chi connectivity index (χ3n) is 6.00. The molecule has 2 saturated heterocycles. The number of nitrogens with one attached hydrogen (secondary N) is 1. The molecular formula is C23H28N2O2. The van der Waals surface area contributed by atoms with Gasteiger partial charge in [-0.1, -0.05) is 48.9 Å². The fraction of sp³-hybridized carbons (Fsp3) is 0.435. The van der Waals surface area contributed by atoms with Gasteiger partial charge in [-0.3, -0.25) is 9.69 Å². The van der Waals surface area contributed by atoms with Crippen molar-refractivity contribution in [2.75, 3.05) is 13.7 Å². The monoisotopic (exact) mass is 364 g/mol. The van der Waals surface area contributed by atoms with Gasteiger partial charge < -0.3 is 10.1 Å². The van der Waals surface area contributed by atoms with Gasteiger partial charge in [0.25, 0.3) is 0 Å². The van der Waals surface area contributed by atoms with Crippen LogP contribution in [0.5, 0.6) is 5.75 Å². The van der Waals surface area contributed by atoms with E-state index in [1.165, 1.54) is 11.1 Å². The first-order valence-corrected chi connectivity index (χ1v) is 9.96. The number of ether oxygens (including phenoxy) is 1. The van der Waals surface area contributed by atoms with Crippen molar-refractivity contribution in [3.05, 3.63) is 65.7 Å². The molecule has 0 unspecified atom stereocenters. The van der Waals surface area contributed by atoms with Crippen LogP contribution in [0.4, 0.5) is 0 Å². The molecule has 2 aromatic carbocycles. The number of nitrogens with zero attached hydrogens (tertiary/aromatic N) is 1. The molecule has 0 aliphatic carbocycles. The van der Waals surface area contributed by atoms with E-state index in [-0.39, 0.29) is 11.9 Å². The minimum atomic E-state index is 0.193. The summed E-state index contributed by atoms with van der Waals surface area (Å²) in [4.78, 5) is 14.9. The van der Waals surface area contributed by atoms with Crippen molar-refractivity contribution in [1.82, 2.24) is 10.2 Å². The average Bonchev–Trinajstić information content (AvgIpc) is 3.01. The van der Waals surface area contributed by atoms with Crippen LogP contribution in [0.25, 0.3) is 0 Å². The number of fused-ring (bicyclic) bond motifs is 1. The Kier molecular flexibility index (Phi) is 5.44. The molecule has 4 rings (SSSR count). The fourth-order valence-electron chi connectivity index (χ4n) is 4.61. The fourth-order valence-corrected chi connectivity index (χ4v) is 4.61. The molecule has 0 radical (unpaired) electrons. The van der Waals surface area contributed by atoms with Crippen LogP contribution < -0.4 is 10.1 Å². The maximum Gasteiger partial charge on any atom is 0.220 e. The SMILES string of the molecule is COc1ccc(CN2C[C@@H](c3ccccc3)[C@@H]3NC(=O)CCCC[C@H]32)cc1. The highest BCUT2D eigenvalue weighted by Crippen LogP contribution is 2.36. The van der Waals surface area contributed by atoms with Gasteiger partial charge in [-0.05, 0) is 36.1 Å². The number of hydrogen-bond acceptors (Lipinski definition) is 3. The van der Waals surface area contributed by atoms with Crippen LogP contribution in [-0.2, 0) is 11.3 Å². The molecular weight excluding hydrogens is 336 g/mol. The Balaban J connectivity index is 1.59. The lowest BCUT2D eigenvalue weighted by atomic mass is 9.88. The number of hydrogen-bond donors (Lipinski definition) is 1. The second kappa shape index (κ2) is 8.13. The lowest BCUT2D eigenvalue weighted by Crippen LogP contribution is -2.47.